The minimum Gasteiger partial charge on any atom is -0.356 e. The molecule has 198 valence electrons. The summed E-state index contributed by atoms with van der Waals surface area (Å²) in [6, 6.07) is 4.63. The van der Waals surface area contributed by atoms with Gasteiger partial charge in [-0.25, -0.2) is 0 Å². The van der Waals surface area contributed by atoms with Gasteiger partial charge in [0.15, 0.2) is 0 Å². The molecule has 2 saturated heterocycles. The van der Waals surface area contributed by atoms with Crippen molar-refractivity contribution in [2.24, 2.45) is 28.6 Å². The van der Waals surface area contributed by atoms with E-state index in [2.05, 4.69) is 40.9 Å². The number of carbonyl (C=O) groups excluding carboxylic acids is 4. The van der Waals surface area contributed by atoms with Gasteiger partial charge in [0.25, 0.3) is 5.91 Å². The maximum Gasteiger partial charge on any atom is 0.270 e. The molecule has 1 aromatic heterocycles. The van der Waals surface area contributed by atoms with Crippen LogP contribution in [0.4, 0.5) is 0 Å². The molecule has 6 atom stereocenters. The SMILES string of the molecule is CC(C)(C)[C@H](NC(=O)c1ccccn1)C(=O)N1C[C@H]2[C@@H]([C@H]1C(=O)N[C@H](C#N)C[C@@H]1CCNC1=O)C2(C)C. The van der Waals surface area contributed by atoms with Crippen LogP contribution in [0.25, 0.3) is 0 Å². The molecule has 3 fully saturated rings. The van der Waals surface area contributed by atoms with Crippen LogP contribution in [0.15, 0.2) is 24.4 Å². The zero-order valence-electron chi connectivity index (χ0n) is 22.1. The van der Waals surface area contributed by atoms with E-state index in [9.17, 15) is 24.4 Å². The van der Waals surface area contributed by atoms with Crippen LogP contribution in [0, 0.1) is 39.9 Å². The van der Waals surface area contributed by atoms with Crippen LogP contribution in [0.3, 0.4) is 0 Å². The molecule has 0 radical (unpaired) electrons. The fraction of sp³-hybridized carbons (Fsp3) is 0.630. The number of aromatic nitrogens is 1. The van der Waals surface area contributed by atoms with E-state index in [0.717, 1.165) is 0 Å². The van der Waals surface area contributed by atoms with Crippen molar-refractivity contribution in [1.29, 1.82) is 5.26 Å². The number of pyridine rings is 1. The number of amides is 4. The number of carbonyl (C=O) groups is 4. The topological polar surface area (TPSA) is 144 Å². The molecule has 1 aromatic rings. The smallest absolute Gasteiger partial charge is 0.270 e. The van der Waals surface area contributed by atoms with Gasteiger partial charge in [-0.05, 0) is 47.6 Å². The molecule has 1 saturated carbocycles. The summed E-state index contributed by atoms with van der Waals surface area (Å²) in [5, 5.41) is 18.1. The van der Waals surface area contributed by atoms with Crippen LogP contribution in [0.1, 0.15) is 57.9 Å². The summed E-state index contributed by atoms with van der Waals surface area (Å²) < 4.78 is 0. The van der Waals surface area contributed by atoms with Crippen molar-refractivity contribution < 1.29 is 19.2 Å². The Labute approximate surface area is 217 Å². The van der Waals surface area contributed by atoms with E-state index in [0.29, 0.717) is 19.5 Å². The zero-order chi connectivity index (χ0) is 27.1. The summed E-state index contributed by atoms with van der Waals surface area (Å²) >= 11 is 0. The lowest BCUT2D eigenvalue weighted by Gasteiger charge is -2.37. The predicted molar refractivity (Wildman–Crippen MR) is 134 cm³/mol. The summed E-state index contributed by atoms with van der Waals surface area (Å²) in [7, 11) is 0. The Morgan fingerprint density at radius 3 is 2.57 bits per heavy atom. The third kappa shape index (κ3) is 5.17. The average molecular weight is 509 g/mol. The number of nitriles is 1. The van der Waals surface area contributed by atoms with Crippen molar-refractivity contribution in [3.8, 4) is 6.07 Å². The second-order valence-electron chi connectivity index (χ2n) is 12.1. The Morgan fingerprint density at radius 2 is 2.00 bits per heavy atom. The van der Waals surface area contributed by atoms with Crippen LogP contribution in [-0.2, 0) is 14.4 Å². The summed E-state index contributed by atoms with van der Waals surface area (Å²) in [5.74, 6) is -1.49. The fourth-order valence-corrected chi connectivity index (χ4v) is 5.89. The minimum absolute atomic E-state index is 0.0438. The van der Waals surface area contributed by atoms with Crippen molar-refractivity contribution >= 4 is 23.6 Å². The molecule has 10 heteroatoms. The Bertz CT molecular complexity index is 1120. The molecule has 2 aliphatic heterocycles. The first-order chi connectivity index (χ1) is 17.4. The number of likely N-dealkylation sites (tertiary alicyclic amines) is 1. The zero-order valence-corrected chi connectivity index (χ0v) is 22.1. The lowest BCUT2D eigenvalue weighted by molar-refractivity contribution is -0.143. The van der Waals surface area contributed by atoms with Gasteiger partial charge in [-0.2, -0.15) is 5.26 Å². The van der Waals surface area contributed by atoms with E-state index < -0.39 is 29.4 Å². The van der Waals surface area contributed by atoms with E-state index in [1.54, 1.807) is 23.1 Å². The van der Waals surface area contributed by atoms with Gasteiger partial charge in [0.05, 0.1) is 6.07 Å². The molecule has 3 heterocycles. The first kappa shape index (κ1) is 26.6. The predicted octanol–water partition coefficient (Wildman–Crippen LogP) is 1.24. The maximum atomic E-state index is 13.9. The van der Waals surface area contributed by atoms with Crippen LogP contribution < -0.4 is 16.0 Å². The number of hydrogen-bond donors (Lipinski definition) is 3. The number of nitrogens with zero attached hydrogens (tertiary/aromatic N) is 3. The molecule has 37 heavy (non-hydrogen) atoms. The molecular weight excluding hydrogens is 472 g/mol. The Balaban J connectivity index is 1.53. The third-order valence-electron chi connectivity index (χ3n) is 8.20. The van der Waals surface area contributed by atoms with Gasteiger partial charge < -0.3 is 20.9 Å². The monoisotopic (exact) mass is 508 g/mol. The van der Waals surface area contributed by atoms with Crippen molar-refractivity contribution in [2.45, 2.75) is 65.6 Å². The van der Waals surface area contributed by atoms with Crippen molar-refractivity contribution in [1.82, 2.24) is 25.8 Å². The normalized spacial score (nSPS) is 27.4. The number of nitrogens with one attached hydrogen (secondary N) is 3. The van der Waals surface area contributed by atoms with Crippen molar-refractivity contribution in [3.05, 3.63) is 30.1 Å². The molecule has 3 N–H and O–H groups in total. The van der Waals surface area contributed by atoms with Crippen LogP contribution in [0.2, 0.25) is 0 Å². The fourth-order valence-electron chi connectivity index (χ4n) is 5.89. The lowest BCUT2D eigenvalue weighted by atomic mass is 9.85. The molecule has 0 aromatic carbocycles. The highest BCUT2D eigenvalue weighted by Gasteiger charge is 2.69. The second-order valence-corrected chi connectivity index (χ2v) is 12.1. The Hall–Kier alpha value is -3.48. The minimum atomic E-state index is -0.883. The number of fused-ring (bicyclic) bond motifs is 1. The van der Waals surface area contributed by atoms with Crippen LogP contribution in [-0.4, -0.2) is 64.7 Å². The molecule has 0 unspecified atom stereocenters. The first-order valence-corrected chi connectivity index (χ1v) is 12.9. The average Bonchev–Trinajstić information content (AvgIpc) is 3.20. The highest BCUT2D eigenvalue weighted by Crippen LogP contribution is 2.65. The number of hydrogen-bond acceptors (Lipinski definition) is 6. The van der Waals surface area contributed by atoms with Gasteiger partial charge in [0.2, 0.25) is 17.7 Å². The Kier molecular flexibility index (Phi) is 7.01. The molecule has 4 rings (SSSR count). The summed E-state index contributed by atoms with van der Waals surface area (Å²) in [6.45, 7) is 10.7. The third-order valence-corrected chi connectivity index (χ3v) is 8.20. The van der Waals surface area contributed by atoms with Crippen molar-refractivity contribution in [2.75, 3.05) is 13.1 Å². The van der Waals surface area contributed by atoms with E-state index in [4.69, 9.17) is 0 Å². The van der Waals surface area contributed by atoms with Crippen LogP contribution in [0.5, 0.6) is 0 Å². The van der Waals surface area contributed by atoms with Crippen molar-refractivity contribution in [3.63, 3.8) is 0 Å². The number of piperidine rings is 1. The lowest BCUT2D eigenvalue weighted by Crippen LogP contribution is -2.59. The largest absolute Gasteiger partial charge is 0.356 e. The molecular formula is C27H36N6O4. The van der Waals surface area contributed by atoms with Gasteiger partial charge in [0.1, 0.15) is 23.8 Å². The molecule has 0 spiro atoms. The highest BCUT2D eigenvalue weighted by atomic mass is 16.2. The van der Waals surface area contributed by atoms with Gasteiger partial charge in [-0.15, -0.1) is 0 Å². The van der Waals surface area contributed by atoms with E-state index in [-0.39, 0.29) is 53.0 Å². The van der Waals surface area contributed by atoms with Gasteiger partial charge in [-0.3, -0.25) is 24.2 Å². The molecule has 1 aliphatic carbocycles. The molecule has 0 bridgehead atoms. The van der Waals surface area contributed by atoms with Gasteiger partial charge in [0, 0.05) is 25.2 Å². The van der Waals surface area contributed by atoms with Crippen LogP contribution >= 0.6 is 0 Å². The van der Waals surface area contributed by atoms with E-state index in [1.807, 2.05) is 20.8 Å². The quantitative estimate of drug-likeness (QED) is 0.506. The molecule has 10 nitrogen and oxygen atoms in total. The second kappa shape index (κ2) is 9.77. The van der Waals surface area contributed by atoms with Gasteiger partial charge >= 0.3 is 0 Å². The van der Waals surface area contributed by atoms with Gasteiger partial charge in [-0.1, -0.05) is 40.7 Å². The van der Waals surface area contributed by atoms with E-state index in [1.165, 1.54) is 6.20 Å². The Morgan fingerprint density at radius 1 is 1.27 bits per heavy atom. The standard InChI is InChI=1S/C27H36N6O4/c1-26(2,3)21(32-23(35)18-8-6-7-10-29-18)25(37)33-14-17-19(27(17,4)5)20(33)24(36)31-16(13-28)12-15-9-11-30-22(15)34/h6-8,10,15-17,19-21H,9,11-12,14H2,1-5H3,(H,30,34)(H,31,36)(H,32,35)/t15-,16-,17-,19-,20-,21+/m0/s1. The summed E-state index contributed by atoms with van der Waals surface area (Å²) in [5.41, 5.74) is -0.534. The highest BCUT2D eigenvalue weighted by molar-refractivity contribution is 5.98. The molecule has 3 aliphatic rings. The van der Waals surface area contributed by atoms with E-state index >= 15 is 0 Å². The first-order valence-electron chi connectivity index (χ1n) is 12.9. The maximum absolute atomic E-state index is 13.9. The summed E-state index contributed by atoms with van der Waals surface area (Å²) in [6.07, 6.45) is 2.37. The molecule has 4 amide bonds. The summed E-state index contributed by atoms with van der Waals surface area (Å²) in [4.78, 5) is 58.0. The number of rotatable bonds is 7.